The molecule has 1 aliphatic heterocycles. The maximum Gasteiger partial charge on any atom is 0.298 e. The van der Waals surface area contributed by atoms with E-state index in [1.807, 2.05) is 36.4 Å². The van der Waals surface area contributed by atoms with E-state index in [9.17, 15) is 4.79 Å². The van der Waals surface area contributed by atoms with E-state index in [1.165, 1.54) is 0 Å². The molecule has 2 heterocycles. The summed E-state index contributed by atoms with van der Waals surface area (Å²) in [5.41, 5.74) is 3.33. The summed E-state index contributed by atoms with van der Waals surface area (Å²) in [6.45, 7) is 1.48. The van der Waals surface area contributed by atoms with Gasteiger partial charge in [-0.25, -0.2) is 0 Å². The minimum Gasteiger partial charge on any atom is -0.423 e. The number of carbonyl (C=O) groups is 1. The zero-order valence-corrected chi connectivity index (χ0v) is 15.6. The Morgan fingerprint density at radius 3 is 2.86 bits per heavy atom. The maximum atomic E-state index is 12.3. The number of fused-ring (bicyclic) bond motifs is 1. The highest BCUT2D eigenvalue weighted by Gasteiger charge is 2.28. The van der Waals surface area contributed by atoms with Gasteiger partial charge in [0.2, 0.25) is 5.91 Å². The zero-order chi connectivity index (χ0) is 19.3. The number of nitrogens with zero attached hydrogens (tertiary/aromatic N) is 3. The Labute approximate surface area is 163 Å². The number of nitrogens with one attached hydrogen (secondary N) is 1. The molecule has 1 amide bonds. The first-order chi connectivity index (χ1) is 13.7. The average molecular weight is 374 g/mol. The van der Waals surface area contributed by atoms with E-state index >= 15 is 0 Å². The minimum atomic E-state index is 0.0359. The van der Waals surface area contributed by atoms with Crippen molar-refractivity contribution in [2.45, 2.75) is 31.7 Å². The van der Waals surface area contributed by atoms with Crippen molar-refractivity contribution in [3.63, 3.8) is 0 Å². The number of hydrogen-bond acceptors (Lipinski definition) is 5. The zero-order valence-electron chi connectivity index (χ0n) is 15.6. The van der Waals surface area contributed by atoms with Crippen LogP contribution in [0.3, 0.4) is 0 Å². The lowest BCUT2D eigenvalue weighted by atomic mass is 10.1. The molecule has 1 saturated heterocycles. The highest BCUT2D eigenvalue weighted by molar-refractivity contribution is 5.76. The summed E-state index contributed by atoms with van der Waals surface area (Å²) in [4.78, 5) is 19.0. The van der Waals surface area contributed by atoms with Crippen LogP contribution >= 0.6 is 0 Å². The molecule has 1 aromatic heterocycles. The summed E-state index contributed by atoms with van der Waals surface area (Å²) in [6, 6.07) is 18.0. The molecule has 1 aliphatic rings. The van der Waals surface area contributed by atoms with Crippen molar-refractivity contribution in [2.75, 3.05) is 18.0 Å². The number of benzene rings is 2. The largest absolute Gasteiger partial charge is 0.423 e. The molecule has 2 aromatic carbocycles. The highest BCUT2D eigenvalue weighted by Crippen LogP contribution is 2.28. The summed E-state index contributed by atoms with van der Waals surface area (Å²) >= 11 is 0. The van der Waals surface area contributed by atoms with Gasteiger partial charge < -0.3 is 14.6 Å². The number of amides is 1. The van der Waals surface area contributed by atoms with E-state index in [2.05, 4.69) is 21.3 Å². The predicted octanol–water partition coefficient (Wildman–Crippen LogP) is 3.42. The molecule has 6 nitrogen and oxygen atoms in total. The van der Waals surface area contributed by atoms with Gasteiger partial charge in [0.25, 0.3) is 6.01 Å². The average Bonchev–Trinajstić information content (AvgIpc) is 3.37. The molecular weight excluding hydrogens is 352 g/mol. The van der Waals surface area contributed by atoms with Crippen molar-refractivity contribution in [3.05, 3.63) is 59.7 Å². The van der Waals surface area contributed by atoms with Gasteiger partial charge in [-0.05, 0) is 49.1 Å². The smallest absolute Gasteiger partial charge is 0.298 e. The Bertz CT molecular complexity index is 970. The van der Waals surface area contributed by atoms with Gasteiger partial charge in [0.15, 0.2) is 5.58 Å². The summed E-state index contributed by atoms with van der Waals surface area (Å²) in [7, 11) is 0. The fourth-order valence-electron chi connectivity index (χ4n) is 3.61. The second-order valence-electron chi connectivity index (χ2n) is 7.07. The fraction of sp³-hybridized carbons (Fsp3) is 0.318. The summed E-state index contributed by atoms with van der Waals surface area (Å²) < 4.78 is 5.89. The third-order valence-electron chi connectivity index (χ3n) is 5.16. The molecule has 0 saturated carbocycles. The molecule has 1 atom stereocenters. The van der Waals surface area contributed by atoms with Gasteiger partial charge in [0, 0.05) is 19.5 Å². The van der Waals surface area contributed by atoms with Crippen LogP contribution < -0.4 is 10.2 Å². The van der Waals surface area contributed by atoms with Crippen molar-refractivity contribution in [3.8, 4) is 6.07 Å². The third kappa shape index (κ3) is 3.99. The van der Waals surface area contributed by atoms with Gasteiger partial charge in [0.1, 0.15) is 5.52 Å². The second kappa shape index (κ2) is 8.13. The molecule has 142 valence electrons. The second-order valence-corrected chi connectivity index (χ2v) is 7.07. The Kier molecular flexibility index (Phi) is 5.24. The molecule has 4 rings (SSSR count). The number of aromatic nitrogens is 1. The molecule has 1 N–H and O–H groups in total. The fourth-order valence-corrected chi connectivity index (χ4v) is 3.61. The normalized spacial score (nSPS) is 16.2. The topological polar surface area (TPSA) is 82.2 Å². The number of oxazole rings is 1. The van der Waals surface area contributed by atoms with Crippen LogP contribution in [0.15, 0.2) is 52.9 Å². The molecule has 0 spiro atoms. The SMILES string of the molecule is N#Cc1ccc(CCC(=O)NCC2CCCN2c2nc3ccccc3o2)cc1. The van der Waals surface area contributed by atoms with Crippen LogP contribution in [0.4, 0.5) is 6.01 Å². The van der Waals surface area contributed by atoms with E-state index in [0.29, 0.717) is 31.0 Å². The van der Waals surface area contributed by atoms with Crippen LogP contribution in [0.1, 0.15) is 30.4 Å². The van der Waals surface area contributed by atoms with Crippen LogP contribution in [0.5, 0.6) is 0 Å². The van der Waals surface area contributed by atoms with Crippen LogP contribution in [-0.2, 0) is 11.2 Å². The molecule has 1 fully saturated rings. The molecular formula is C22H22N4O2. The van der Waals surface area contributed by atoms with E-state index < -0.39 is 0 Å². The Hall–Kier alpha value is -3.33. The number of anilines is 1. The van der Waals surface area contributed by atoms with E-state index in [4.69, 9.17) is 9.68 Å². The van der Waals surface area contributed by atoms with Crippen molar-refractivity contribution in [2.24, 2.45) is 0 Å². The molecule has 1 unspecified atom stereocenters. The lowest BCUT2D eigenvalue weighted by molar-refractivity contribution is -0.121. The quantitative estimate of drug-likeness (QED) is 0.715. The standard InChI is InChI=1S/C22H22N4O2/c23-14-17-9-7-16(8-10-17)11-12-21(27)24-15-18-4-3-13-26(18)22-25-19-5-1-2-6-20(19)28-22/h1-2,5-10,18H,3-4,11-13,15H2,(H,24,27). The van der Waals surface area contributed by atoms with Gasteiger partial charge in [-0.15, -0.1) is 0 Å². The van der Waals surface area contributed by atoms with E-state index in [-0.39, 0.29) is 11.9 Å². The number of rotatable bonds is 6. The van der Waals surface area contributed by atoms with E-state index in [0.717, 1.165) is 36.0 Å². The van der Waals surface area contributed by atoms with Crippen LogP contribution in [0.2, 0.25) is 0 Å². The summed E-state index contributed by atoms with van der Waals surface area (Å²) in [5.74, 6) is 0.0359. The third-order valence-corrected chi connectivity index (χ3v) is 5.16. The Balaban J connectivity index is 1.30. The number of aryl methyl sites for hydroxylation is 1. The first kappa shape index (κ1) is 18.1. The summed E-state index contributed by atoms with van der Waals surface area (Å²) in [6.07, 6.45) is 3.16. The molecule has 0 bridgehead atoms. The molecule has 0 aliphatic carbocycles. The van der Waals surface area contributed by atoms with Crippen molar-refractivity contribution in [1.82, 2.24) is 10.3 Å². The predicted molar refractivity (Wildman–Crippen MR) is 107 cm³/mol. The van der Waals surface area contributed by atoms with Crippen molar-refractivity contribution in [1.29, 1.82) is 5.26 Å². The van der Waals surface area contributed by atoms with Crippen molar-refractivity contribution >= 4 is 23.0 Å². The van der Waals surface area contributed by atoms with Crippen LogP contribution in [-0.4, -0.2) is 30.0 Å². The first-order valence-corrected chi connectivity index (χ1v) is 9.61. The van der Waals surface area contributed by atoms with Crippen molar-refractivity contribution < 1.29 is 9.21 Å². The molecule has 3 aromatic rings. The lowest BCUT2D eigenvalue weighted by Gasteiger charge is -2.23. The number of hydrogen-bond donors (Lipinski definition) is 1. The Morgan fingerprint density at radius 1 is 1.25 bits per heavy atom. The summed E-state index contributed by atoms with van der Waals surface area (Å²) in [5, 5.41) is 11.9. The van der Waals surface area contributed by atoms with Crippen LogP contribution in [0, 0.1) is 11.3 Å². The maximum absolute atomic E-state index is 12.3. The lowest BCUT2D eigenvalue weighted by Crippen LogP contribution is -2.40. The van der Waals surface area contributed by atoms with Gasteiger partial charge in [-0.2, -0.15) is 10.2 Å². The van der Waals surface area contributed by atoms with Crippen LogP contribution in [0.25, 0.3) is 11.1 Å². The first-order valence-electron chi connectivity index (χ1n) is 9.61. The number of nitriles is 1. The van der Waals surface area contributed by atoms with Gasteiger partial charge in [-0.3, -0.25) is 4.79 Å². The van der Waals surface area contributed by atoms with E-state index in [1.54, 1.807) is 12.1 Å². The Morgan fingerprint density at radius 2 is 2.07 bits per heavy atom. The van der Waals surface area contributed by atoms with Gasteiger partial charge in [-0.1, -0.05) is 24.3 Å². The molecule has 28 heavy (non-hydrogen) atoms. The number of carbonyl (C=O) groups excluding carboxylic acids is 1. The highest BCUT2D eigenvalue weighted by atomic mass is 16.4. The monoisotopic (exact) mass is 374 g/mol. The van der Waals surface area contributed by atoms with Gasteiger partial charge >= 0.3 is 0 Å². The molecule has 6 heteroatoms. The molecule has 0 radical (unpaired) electrons. The number of para-hydroxylation sites is 2. The van der Waals surface area contributed by atoms with Gasteiger partial charge in [0.05, 0.1) is 17.7 Å². The minimum absolute atomic E-state index is 0.0359.